The quantitative estimate of drug-likeness (QED) is 0.407. The normalized spacial score (nSPS) is 11.1. The number of esters is 1. The Morgan fingerprint density at radius 2 is 1.59 bits per heavy atom. The topological polar surface area (TPSA) is 80.8 Å². The van der Waals surface area contributed by atoms with Crippen LogP contribution in [0.25, 0.3) is 0 Å². The van der Waals surface area contributed by atoms with Crippen LogP contribution in [0, 0.1) is 0 Å². The van der Waals surface area contributed by atoms with Crippen molar-refractivity contribution < 1.29 is 22.7 Å². The van der Waals surface area contributed by atoms with Crippen LogP contribution in [0.4, 0.5) is 5.69 Å². The molecule has 0 aromatic heterocycles. The van der Waals surface area contributed by atoms with Gasteiger partial charge in [-0.05, 0) is 55.0 Å². The van der Waals surface area contributed by atoms with Crippen molar-refractivity contribution in [2.75, 3.05) is 10.9 Å². The second-order valence-corrected chi connectivity index (χ2v) is 9.57. The summed E-state index contributed by atoms with van der Waals surface area (Å²) in [6.45, 7) is 0.896. The van der Waals surface area contributed by atoms with Gasteiger partial charge in [0.15, 0.2) is 5.78 Å². The molecule has 0 fully saturated rings. The Labute approximate surface area is 196 Å². The minimum Gasteiger partial charge on any atom is -0.454 e. The van der Waals surface area contributed by atoms with Gasteiger partial charge in [-0.15, -0.1) is 0 Å². The van der Waals surface area contributed by atoms with E-state index < -0.39 is 22.6 Å². The van der Waals surface area contributed by atoms with Crippen molar-refractivity contribution in [3.8, 4) is 0 Å². The van der Waals surface area contributed by atoms with Gasteiger partial charge in [0.2, 0.25) is 0 Å². The Bertz CT molecular complexity index is 1230. The summed E-state index contributed by atoms with van der Waals surface area (Å²) in [5.74, 6) is -1.16. The molecule has 3 aromatic carbocycles. The van der Waals surface area contributed by atoms with Gasteiger partial charge in [-0.1, -0.05) is 53.5 Å². The van der Waals surface area contributed by atoms with Crippen molar-refractivity contribution in [2.45, 2.75) is 18.4 Å². The lowest BCUT2D eigenvalue weighted by Crippen LogP contribution is -2.31. The summed E-state index contributed by atoms with van der Waals surface area (Å²) in [5, 5.41) is 0.402. The van der Waals surface area contributed by atoms with Crippen LogP contribution in [0.15, 0.2) is 77.7 Å². The Kier molecular flexibility index (Phi) is 7.56. The lowest BCUT2D eigenvalue weighted by atomic mass is 10.2. The molecule has 0 amide bonds. The fourth-order valence-corrected chi connectivity index (χ4v) is 4.95. The number of hydrogen-bond donors (Lipinski definition) is 0. The number of nitrogens with zero attached hydrogens (tertiary/aromatic N) is 1. The van der Waals surface area contributed by atoms with E-state index in [0.717, 1.165) is 11.6 Å². The van der Waals surface area contributed by atoms with Crippen molar-refractivity contribution >= 4 is 50.7 Å². The van der Waals surface area contributed by atoms with Gasteiger partial charge in [-0.3, -0.25) is 9.10 Å². The third kappa shape index (κ3) is 5.68. The molecular formula is C23H19Cl2NO5S. The number of ether oxygens (including phenoxy) is 1. The highest BCUT2D eigenvalue weighted by atomic mass is 35.5. The van der Waals surface area contributed by atoms with E-state index in [1.54, 1.807) is 48.5 Å². The molecule has 0 saturated heterocycles. The lowest BCUT2D eigenvalue weighted by Gasteiger charge is -2.25. The summed E-state index contributed by atoms with van der Waals surface area (Å²) in [4.78, 5) is 23.1. The first-order chi connectivity index (χ1) is 15.2. The maximum absolute atomic E-state index is 13.7. The lowest BCUT2D eigenvalue weighted by molar-refractivity contribution is -0.120. The number of halogens is 2. The van der Waals surface area contributed by atoms with Gasteiger partial charge in [0.25, 0.3) is 10.0 Å². The molecule has 0 bridgehead atoms. The van der Waals surface area contributed by atoms with Gasteiger partial charge < -0.3 is 4.74 Å². The smallest absolute Gasteiger partial charge is 0.338 e. The van der Waals surface area contributed by atoms with Crippen LogP contribution in [0.2, 0.25) is 10.0 Å². The number of carbonyl (C=O) groups excluding carboxylic acids is 2. The van der Waals surface area contributed by atoms with Crippen LogP contribution in [-0.4, -0.2) is 26.8 Å². The summed E-state index contributed by atoms with van der Waals surface area (Å²) < 4.78 is 33.5. The summed E-state index contributed by atoms with van der Waals surface area (Å²) in [7, 11) is -4.20. The molecule has 9 heteroatoms. The largest absolute Gasteiger partial charge is 0.454 e. The number of sulfonamides is 1. The van der Waals surface area contributed by atoms with Crippen LogP contribution < -0.4 is 4.31 Å². The van der Waals surface area contributed by atoms with E-state index >= 15 is 0 Å². The molecule has 0 radical (unpaired) electrons. The van der Waals surface area contributed by atoms with Crippen molar-refractivity contribution in [3.05, 3.63) is 94.0 Å². The standard InChI is InChI=1S/C23H19Cl2NO5S/c1-16(27)15-31-23(28)18-7-12-21(25)22(13-18)32(29,30)26(14-17-5-3-2-4-6-17)20-10-8-19(24)9-11-20/h2-13H,14-15H2,1H3. The maximum Gasteiger partial charge on any atom is 0.338 e. The number of rotatable bonds is 8. The maximum atomic E-state index is 13.7. The van der Waals surface area contributed by atoms with E-state index in [1.807, 2.05) is 6.07 Å². The summed E-state index contributed by atoms with van der Waals surface area (Å²) in [6, 6.07) is 19.2. The Morgan fingerprint density at radius 3 is 2.22 bits per heavy atom. The first kappa shape index (κ1) is 23.8. The minimum atomic E-state index is -4.20. The molecule has 0 aliphatic heterocycles. The number of ketones is 1. The summed E-state index contributed by atoms with van der Waals surface area (Å²) >= 11 is 12.2. The van der Waals surface area contributed by atoms with Gasteiger partial charge in [0.1, 0.15) is 11.5 Å². The zero-order valence-corrected chi connectivity index (χ0v) is 19.3. The highest BCUT2D eigenvalue weighted by molar-refractivity contribution is 7.93. The molecule has 0 spiro atoms. The van der Waals surface area contributed by atoms with Crippen LogP contribution in [0.3, 0.4) is 0 Å². The zero-order chi connectivity index (χ0) is 23.3. The van der Waals surface area contributed by atoms with Gasteiger partial charge in [0, 0.05) is 5.02 Å². The first-order valence-corrected chi connectivity index (χ1v) is 11.7. The number of anilines is 1. The molecule has 0 atom stereocenters. The molecule has 3 aromatic rings. The van der Waals surface area contributed by atoms with Crippen molar-refractivity contribution in [1.82, 2.24) is 0 Å². The molecular weight excluding hydrogens is 473 g/mol. The van der Waals surface area contributed by atoms with Crippen molar-refractivity contribution in [2.24, 2.45) is 0 Å². The molecule has 166 valence electrons. The number of carbonyl (C=O) groups is 2. The molecule has 0 unspecified atom stereocenters. The Morgan fingerprint density at radius 1 is 0.938 bits per heavy atom. The Balaban J connectivity index is 2.06. The first-order valence-electron chi connectivity index (χ1n) is 9.47. The molecule has 32 heavy (non-hydrogen) atoms. The molecule has 0 heterocycles. The van der Waals surface area contributed by atoms with Gasteiger partial charge >= 0.3 is 5.97 Å². The predicted molar refractivity (Wildman–Crippen MR) is 124 cm³/mol. The van der Waals surface area contributed by atoms with Crippen LogP contribution in [-0.2, 0) is 26.1 Å². The highest BCUT2D eigenvalue weighted by Crippen LogP contribution is 2.31. The highest BCUT2D eigenvalue weighted by Gasteiger charge is 2.29. The molecule has 6 nitrogen and oxygen atoms in total. The van der Waals surface area contributed by atoms with Gasteiger partial charge in [-0.25, -0.2) is 13.2 Å². The molecule has 0 N–H and O–H groups in total. The Hall–Kier alpha value is -2.87. The number of benzene rings is 3. The second-order valence-electron chi connectivity index (χ2n) is 6.90. The van der Waals surface area contributed by atoms with Crippen molar-refractivity contribution in [3.63, 3.8) is 0 Å². The van der Waals surface area contributed by atoms with Gasteiger partial charge in [-0.2, -0.15) is 0 Å². The van der Waals surface area contributed by atoms with E-state index in [0.29, 0.717) is 10.7 Å². The van der Waals surface area contributed by atoms with Crippen LogP contribution in [0.1, 0.15) is 22.8 Å². The second kappa shape index (κ2) is 10.2. The molecule has 3 rings (SSSR count). The average molecular weight is 492 g/mol. The van der Waals surface area contributed by atoms with E-state index in [4.69, 9.17) is 27.9 Å². The van der Waals surface area contributed by atoms with E-state index in [2.05, 4.69) is 0 Å². The zero-order valence-electron chi connectivity index (χ0n) is 17.0. The third-order valence-corrected chi connectivity index (χ3v) is 6.93. The molecule has 0 aliphatic carbocycles. The fourth-order valence-electron chi connectivity index (χ4n) is 2.87. The molecule has 0 saturated carbocycles. The van der Waals surface area contributed by atoms with Crippen LogP contribution >= 0.6 is 23.2 Å². The fraction of sp³-hybridized carbons (Fsp3) is 0.130. The predicted octanol–water partition coefficient (Wildman–Crippen LogP) is 5.13. The third-order valence-electron chi connectivity index (χ3n) is 4.43. The minimum absolute atomic E-state index is 0.0279. The number of Topliss-reactive ketones (excluding diaryl/α,β-unsaturated/α-hetero) is 1. The van der Waals surface area contributed by atoms with E-state index in [9.17, 15) is 18.0 Å². The van der Waals surface area contributed by atoms with Crippen molar-refractivity contribution in [1.29, 1.82) is 0 Å². The molecule has 0 aliphatic rings. The van der Waals surface area contributed by atoms with Gasteiger partial charge in [0.05, 0.1) is 22.8 Å². The summed E-state index contributed by atoms with van der Waals surface area (Å²) in [5.41, 5.74) is 1.09. The van der Waals surface area contributed by atoms with E-state index in [-0.39, 0.29) is 27.8 Å². The summed E-state index contributed by atoms with van der Waals surface area (Å²) in [6.07, 6.45) is 0. The van der Waals surface area contributed by atoms with E-state index in [1.165, 1.54) is 23.4 Å². The average Bonchev–Trinajstić information content (AvgIpc) is 2.77. The van der Waals surface area contributed by atoms with Crippen LogP contribution in [0.5, 0.6) is 0 Å². The number of hydrogen-bond acceptors (Lipinski definition) is 5. The monoisotopic (exact) mass is 491 g/mol. The SMILES string of the molecule is CC(=O)COC(=O)c1ccc(Cl)c(S(=O)(=O)N(Cc2ccccc2)c2ccc(Cl)cc2)c1.